The van der Waals surface area contributed by atoms with E-state index in [0.717, 1.165) is 4.31 Å². The Balaban J connectivity index is 2.23. The van der Waals surface area contributed by atoms with Crippen LogP contribution in [0.4, 0.5) is 5.69 Å². The highest BCUT2D eigenvalue weighted by molar-refractivity contribution is 7.89. The van der Waals surface area contributed by atoms with Crippen LogP contribution in [0.15, 0.2) is 60.0 Å². The van der Waals surface area contributed by atoms with E-state index in [2.05, 4.69) is 11.9 Å². The molecule has 0 heterocycles. The molecule has 0 aliphatic heterocycles. The molecular weight excluding hydrogens is 411 g/mol. The number of carbonyl (C=O) groups excluding carboxylic acids is 1. The van der Waals surface area contributed by atoms with E-state index in [0.29, 0.717) is 21.5 Å². The quantitative estimate of drug-likeness (QED) is 0.648. The van der Waals surface area contributed by atoms with Gasteiger partial charge in [-0.05, 0) is 42.5 Å². The van der Waals surface area contributed by atoms with Gasteiger partial charge in [-0.2, -0.15) is 4.31 Å². The van der Waals surface area contributed by atoms with Crippen LogP contribution < -0.4 is 10.1 Å². The number of methoxy groups -OCH3 is 1. The number of nitrogens with one attached hydrogen (secondary N) is 1. The van der Waals surface area contributed by atoms with Crippen molar-refractivity contribution in [3.8, 4) is 5.75 Å². The maximum atomic E-state index is 12.8. The molecule has 0 unspecified atom stereocenters. The number of amides is 1. The molecule has 0 saturated carbocycles. The van der Waals surface area contributed by atoms with Gasteiger partial charge in [-0.25, -0.2) is 8.42 Å². The summed E-state index contributed by atoms with van der Waals surface area (Å²) in [6.45, 7) is 3.11. The van der Waals surface area contributed by atoms with Crippen molar-refractivity contribution < 1.29 is 17.9 Å². The molecular formula is C18H18Cl2N2O4S. The van der Waals surface area contributed by atoms with Crippen molar-refractivity contribution in [1.82, 2.24) is 4.31 Å². The maximum Gasteiger partial charge on any atom is 0.243 e. The van der Waals surface area contributed by atoms with Crippen molar-refractivity contribution in [2.75, 3.05) is 25.5 Å². The number of benzene rings is 2. The third-order valence-electron chi connectivity index (χ3n) is 3.54. The van der Waals surface area contributed by atoms with Crippen LogP contribution in [-0.4, -0.2) is 38.8 Å². The number of halogens is 2. The molecule has 9 heteroatoms. The van der Waals surface area contributed by atoms with Crippen LogP contribution in [0.25, 0.3) is 0 Å². The van der Waals surface area contributed by atoms with E-state index < -0.39 is 22.5 Å². The Morgan fingerprint density at radius 3 is 2.41 bits per heavy atom. The van der Waals surface area contributed by atoms with Gasteiger partial charge in [0.2, 0.25) is 15.9 Å². The second kappa shape index (κ2) is 9.23. The van der Waals surface area contributed by atoms with Gasteiger partial charge in [0.25, 0.3) is 0 Å². The first-order valence-corrected chi connectivity index (χ1v) is 9.97. The lowest BCUT2D eigenvalue weighted by Gasteiger charge is -2.20. The molecule has 0 aliphatic carbocycles. The van der Waals surface area contributed by atoms with Gasteiger partial charge in [0.15, 0.2) is 0 Å². The summed E-state index contributed by atoms with van der Waals surface area (Å²) in [6.07, 6.45) is 1.40. The first kappa shape index (κ1) is 21.2. The molecule has 0 saturated heterocycles. The smallest absolute Gasteiger partial charge is 0.243 e. The Labute approximate surface area is 168 Å². The molecule has 0 fully saturated rings. The van der Waals surface area contributed by atoms with Crippen LogP contribution >= 0.6 is 23.2 Å². The van der Waals surface area contributed by atoms with Crippen molar-refractivity contribution >= 4 is 44.8 Å². The summed E-state index contributed by atoms with van der Waals surface area (Å²) >= 11 is 11.7. The fourth-order valence-corrected chi connectivity index (χ4v) is 3.94. The predicted octanol–water partition coefficient (Wildman–Crippen LogP) is 3.82. The van der Waals surface area contributed by atoms with Crippen molar-refractivity contribution in [3.63, 3.8) is 0 Å². The number of nitrogens with zero attached hydrogens (tertiary/aromatic N) is 1. The molecule has 2 rings (SSSR count). The summed E-state index contributed by atoms with van der Waals surface area (Å²) in [5.74, 6) is -0.140. The SMILES string of the molecule is C=CCN(CC(=O)Nc1cc(Cl)ccc1OC)S(=O)(=O)c1ccc(Cl)cc1. The maximum absolute atomic E-state index is 12.8. The Morgan fingerprint density at radius 1 is 1.19 bits per heavy atom. The minimum atomic E-state index is -3.91. The second-order valence-corrected chi connectivity index (χ2v) is 8.24. The molecule has 0 spiro atoms. The summed E-state index contributed by atoms with van der Waals surface area (Å²) in [6, 6.07) is 10.4. The Hall–Kier alpha value is -2.06. The largest absolute Gasteiger partial charge is 0.495 e. The number of hydrogen-bond acceptors (Lipinski definition) is 4. The number of ether oxygens (including phenoxy) is 1. The van der Waals surface area contributed by atoms with E-state index in [9.17, 15) is 13.2 Å². The third kappa shape index (κ3) is 5.46. The van der Waals surface area contributed by atoms with Crippen molar-refractivity contribution in [2.24, 2.45) is 0 Å². The highest BCUT2D eigenvalue weighted by Gasteiger charge is 2.26. The first-order valence-electron chi connectivity index (χ1n) is 7.78. The Bertz CT molecular complexity index is 931. The van der Waals surface area contributed by atoms with Gasteiger partial charge >= 0.3 is 0 Å². The first-order chi connectivity index (χ1) is 12.8. The zero-order chi connectivity index (χ0) is 20.0. The monoisotopic (exact) mass is 428 g/mol. The number of carbonyl (C=O) groups is 1. The molecule has 1 N–H and O–H groups in total. The van der Waals surface area contributed by atoms with E-state index >= 15 is 0 Å². The molecule has 27 heavy (non-hydrogen) atoms. The van der Waals surface area contributed by atoms with Gasteiger partial charge < -0.3 is 10.1 Å². The highest BCUT2D eigenvalue weighted by atomic mass is 35.5. The van der Waals surface area contributed by atoms with Gasteiger partial charge in [-0.3, -0.25) is 4.79 Å². The lowest BCUT2D eigenvalue weighted by Crippen LogP contribution is -2.38. The van der Waals surface area contributed by atoms with Gasteiger partial charge in [0.1, 0.15) is 5.75 Å². The molecule has 144 valence electrons. The molecule has 0 atom stereocenters. The number of sulfonamides is 1. The molecule has 6 nitrogen and oxygen atoms in total. The van der Waals surface area contributed by atoms with E-state index in [1.54, 1.807) is 12.1 Å². The lowest BCUT2D eigenvalue weighted by atomic mass is 10.3. The fraction of sp³-hybridized carbons (Fsp3) is 0.167. The molecule has 2 aromatic rings. The average Bonchev–Trinajstić information content (AvgIpc) is 2.62. The van der Waals surface area contributed by atoms with Crippen molar-refractivity contribution in [2.45, 2.75) is 4.90 Å². The fourth-order valence-electron chi connectivity index (χ4n) is 2.28. The minimum absolute atomic E-state index is 0.0295. The molecule has 2 aromatic carbocycles. The summed E-state index contributed by atoms with van der Waals surface area (Å²) in [4.78, 5) is 12.5. The van der Waals surface area contributed by atoms with Crippen LogP contribution in [0.1, 0.15) is 0 Å². The average molecular weight is 429 g/mol. The van der Waals surface area contributed by atoms with Gasteiger partial charge in [0.05, 0.1) is 24.2 Å². The molecule has 0 aliphatic rings. The molecule has 0 bridgehead atoms. The zero-order valence-corrected chi connectivity index (χ0v) is 16.8. The molecule has 0 radical (unpaired) electrons. The molecule has 1 amide bonds. The summed E-state index contributed by atoms with van der Waals surface area (Å²) in [7, 11) is -2.45. The van der Waals surface area contributed by atoms with Gasteiger partial charge in [0, 0.05) is 16.6 Å². The van der Waals surface area contributed by atoms with Crippen molar-refractivity contribution in [3.05, 3.63) is 65.2 Å². The van der Waals surface area contributed by atoms with Crippen LogP contribution in [0.2, 0.25) is 10.0 Å². The van der Waals surface area contributed by atoms with Crippen LogP contribution in [-0.2, 0) is 14.8 Å². The number of hydrogen-bond donors (Lipinski definition) is 1. The normalized spacial score (nSPS) is 11.3. The van der Waals surface area contributed by atoms with Crippen LogP contribution in [0.3, 0.4) is 0 Å². The van der Waals surface area contributed by atoms with E-state index in [1.807, 2.05) is 0 Å². The van der Waals surface area contributed by atoms with E-state index in [-0.39, 0.29) is 11.4 Å². The summed E-state index contributed by atoms with van der Waals surface area (Å²) < 4.78 is 31.8. The van der Waals surface area contributed by atoms with Gasteiger partial charge in [-0.15, -0.1) is 6.58 Å². The third-order valence-corrected chi connectivity index (χ3v) is 5.85. The molecule has 0 aromatic heterocycles. The van der Waals surface area contributed by atoms with Crippen LogP contribution in [0, 0.1) is 0 Å². The number of rotatable bonds is 8. The highest BCUT2D eigenvalue weighted by Crippen LogP contribution is 2.27. The predicted molar refractivity (Wildman–Crippen MR) is 107 cm³/mol. The Morgan fingerprint density at radius 2 is 1.81 bits per heavy atom. The van der Waals surface area contributed by atoms with E-state index in [4.69, 9.17) is 27.9 Å². The standard InChI is InChI=1S/C18H18Cl2N2O4S/c1-3-10-22(27(24,25)15-7-4-13(19)5-8-15)12-18(23)21-16-11-14(20)6-9-17(16)26-2/h3-9,11H,1,10,12H2,2H3,(H,21,23). The van der Waals surface area contributed by atoms with Crippen molar-refractivity contribution in [1.29, 1.82) is 0 Å². The number of anilines is 1. The summed E-state index contributed by atoms with van der Waals surface area (Å²) in [5, 5.41) is 3.43. The zero-order valence-electron chi connectivity index (χ0n) is 14.5. The van der Waals surface area contributed by atoms with Crippen LogP contribution in [0.5, 0.6) is 5.75 Å². The minimum Gasteiger partial charge on any atom is -0.495 e. The second-order valence-electron chi connectivity index (χ2n) is 5.43. The Kier molecular flexibility index (Phi) is 7.26. The summed E-state index contributed by atoms with van der Waals surface area (Å²) in [5.41, 5.74) is 0.345. The van der Waals surface area contributed by atoms with E-state index in [1.165, 1.54) is 43.5 Å². The lowest BCUT2D eigenvalue weighted by molar-refractivity contribution is -0.116. The topological polar surface area (TPSA) is 75.7 Å². The van der Waals surface area contributed by atoms with Gasteiger partial charge in [-0.1, -0.05) is 29.3 Å².